The second kappa shape index (κ2) is 7.90. The molecular weight excluding hydrogens is 316 g/mol. The molecule has 0 radical (unpaired) electrons. The molecule has 2 amide bonds. The maximum Gasteiger partial charge on any atom is 0.317 e. The molecule has 0 bridgehead atoms. The Morgan fingerprint density at radius 2 is 2.12 bits per heavy atom. The summed E-state index contributed by atoms with van der Waals surface area (Å²) < 4.78 is 26.9. The van der Waals surface area contributed by atoms with E-state index in [1.807, 2.05) is 13.8 Å². The molecule has 0 spiro atoms. The van der Waals surface area contributed by atoms with E-state index in [1.54, 1.807) is 13.1 Å². The van der Waals surface area contributed by atoms with E-state index in [4.69, 9.17) is 5.11 Å². The molecule has 1 aliphatic heterocycles. The Balaban J connectivity index is 2.23. The minimum absolute atomic E-state index is 0.112. The fourth-order valence-corrected chi connectivity index (χ4v) is 3.19. The predicted octanol–water partition coefficient (Wildman–Crippen LogP) is 2.12. The third-order valence-electron chi connectivity index (χ3n) is 4.48. The zero-order valence-corrected chi connectivity index (χ0v) is 14.3. The van der Waals surface area contributed by atoms with Crippen LogP contribution in [0, 0.1) is 11.6 Å². The molecule has 134 valence electrons. The fourth-order valence-electron chi connectivity index (χ4n) is 3.19. The molecule has 7 heteroatoms. The highest BCUT2D eigenvalue weighted by molar-refractivity contribution is 5.74. The van der Waals surface area contributed by atoms with Gasteiger partial charge in [-0.2, -0.15) is 0 Å². The van der Waals surface area contributed by atoms with Crippen molar-refractivity contribution in [1.29, 1.82) is 0 Å². The summed E-state index contributed by atoms with van der Waals surface area (Å²) in [5.74, 6) is -1.76. The van der Waals surface area contributed by atoms with Gasteiger partial charge in [0.2, 0.25) is 0 Å². The molecule has 1 aromatic rings. The number of halogens is 2. The molecule has 0 aliphatic carbocycles. The molecule has 0 aromatic heterocycles. The molecule has 1 aromatic carbocycles. The lowest BCUT2D eigenvalue weighted by molar-refractivity contribution is 0.171. The second-order valence-corrected chi connectivity index (χ2v) is 6.44. The summed E-state index contributed by atoms with van der Waals surface area (Å²) in [7, 11) is 1.60. The quantitative estimate of drug-likeness (QED) is 0.863. The van der Waals surface area contributed by atoms with Crippen molar-refractivity contribution in [3.8, 4) is 0 Å². The SMILES string of the molecule is CC(C)N1CC[C@H](NC(=O)N(C)CCO)[C@@H]1c1ccc(F)c(F)c1. The Morgan fingerprint density at radius 3 is 2.71 bits per heavy atom. The first-order valence-corrected chi connectivity index (χ1v) is 8.18. The van der Waals surface area contributed by atoms with E-state index < -0.39 is 11.6 Å². The van der Waals surface area contributed by atoms with Gasteiger partial charge < -0.3 is 15.3 Å². The van der Waals surface area contributed by atoms with Crippen LogP contribution in [0.1, 0.15) is 31.9 Å². The van der Waals surface area contributed by atoms with Crippen LogP contribution in [-0.4, -0.2) is 59.8 Å². The Labute approximate surface area is 141 Å². The molecule has 2 N–H and O–H groups in total. The summed E-state index contributed by atoms with van der Waals surface area (Å²) in [5, 5.41) is 11.9. The largest absolute Gasteiger partial charge is 0.395 e. The van der Waals surface area contributed by atoms with Crippen molar-refractivity contribution in [3.63, 3.8) is 0 Å². The number of hydrogen-bond acceptors (Lipinski definition) is 3. The van der Waals surface area contributed by atoms with Gasteiger partial charge in [0, 0.05) is 26.2 Å². The van der Waals surface area contributed by atoms with Crippen molar-refractivity contribution >= 4 is 6.03 Å². The third kappa shape index (κ3) is 4.02. The minimum atomic E-state index is -0.884. The number of aliphatic hydroxyl groups excluding tert-OH is 1. The first-order chi connectivity index (χ1) is 11.3. The molecular formula is C17H25F2N3O2. The van der Waals surface area contributed by atoms with Crippen molar-refractivity contribution in [1.82, 2.24) is 15.1 Å². The molecule has 0 unspecified atom stereocenters. The molecule has 1 saturated heterocycles. The lowest BCUT2D eigenvalue weighted by Crippen LogP contribution is -2.46. The lowest BCUT2D eigenvalue weighted by atomic mass is 9.99. The molecule has 1 heterocycles. The van der Waals surface area contributed by atoms with E-state index in [0.29, 0.717) is 5.56 Å². The van der Waals surface area contributed by atoms with Crippen LogP contribution < -0.4 is 5.32 Å². The van der Waals surface area contributed by atoms with Crippen LogP contribution in [0.3, 0.4) is 0 Å². The minimum Gasteiger partial charge on any atom is -0.395 e. The first kappa shape index (κ1) is 18.6. The summed E-state index contributed by atoms with van der Waals surface area (Å²) >= 11 is 0. The summed E-state index contributed by atoms with van der Waals surface area (Å²) in [6, 6.07) is 3.40. The molecule has 2 rings (SSSR count). The average Bonchev–Trinajstić information content (AvgIpc) is 2.94. The standard InChI is InChI=1S/C17H25F2N3O2/c1-11(2)22-7-6-15(20-17(24)21(3)8-9-23)16(22)12-4-5-13(18)14(19)10-12/h4-5,10-11,15-16,23H,6-9H2,1-3H3,(H,20,24)/t15-,16-/m0/s1. The fraction of sp³-hybridized carbons (Fsp3) is 0.588. The van der Waals surface area contributed by atoms with Crippen LogP contribution in [0.5, 0.6) is 0 Å². The molecule has 24 heavy (non-hydrogen) atoms. The zero-order chi connectivity index (χ0) is 17.9. The second-order valence-electron chi connectivity index (χ2n) is 6.44. The summed E-state index contributed by atoms with van der Waals surface area (Å²) in [5.41, 5.74) is 0.648. The number of hydrogen-bond donors (Lipinski definition) is 2. The van der Waals surface area contributed by atoms with Gasteiger partial charge in [0.25, 0.3) is 0 Å². The average molecular weight is 341 g/mol. The molecule has 1 fully saturated rings. The van der Waals surface area contributed by atoms with E-state index in [1.165, 1.54) is 11.0 Å². The number of likely N-dealkylation sites (tertiary alicyclic amines) is 1. The normalized spacial score (nSPS) is 21.3. The van der Waals surface area contributed by atoms with Gasteiger partial charge in [-0.1, -0.05) is 6.07 Å². The lowest BCUT2D eigenvalue weighted by Gasteiger charge is -2.32. The number of benzene rings is 1. The number of nitrogens with zero attached hydrogens (tertiary/aromatic N) is 2. The maximum absolute atomic E-state index is 13.7. The number of aliphatic hydroxyl groups is 1. The van der Waals surface area contributed by atoms with Gasteiger partial charge in [0.1, 0.15) is 0 Å². The first-order valence-electron chi connectivity index (χ1n) is 8.18. The van der Waals surface area contributed by atoms with E-state index in [-0.39, 0.29) is 37.3 Å². The van der Waals surface area contributed by atoms with Crippen LogP contribution in [0.25, 0.3) is 0 Å². The molecule has 1 aliphatic rings. The van der Waals surface area contributed by atoms with Crippen LogP contribution in [0.15, 0.2) is 18.2 Å². The maximum atomic E-state index is 13.7. The van der Waals surface area contributed by atoms with E-state index in [0.717, 1.165) is 19.0 Å². The van der Waals surface area contributed by atoms with Crippen LogP contribution in [0.2, 0.25) is 0 Å². The highest BCUT2D eigenvalue weighted by Crippen LogP contribution is 2.34. The summed E-state index contributed by atoms with van der Waals surface area (Å²) in [6.45, 7) is 4.96. The number of amides is 2. The van der Waals surface area contributed by atoms with Crippen molar-refractivity contribution in [3.05, 3.63) is 35.4 Å². The van der Waals surface area contributed by atoms with E-state index in [9.17, 15) is 13.6 Å². The van der Waals surface area contributed by atoms with Gasteiger partial charge in [0.15, 0.2) is 11.6 Å². The van der Waals surface area contributed by atoms with Crippen LogP contribution in [0.4, 0.5) is 13.6 Å². The molecule has 2 atom stereocenters. The van der Waals surface area contributed by atoms with Gasteiger partial charge in [-0.15, -0.1) is 0 Å². The smallest absolute Gasteiger partial charge is 0.317 e. The van der Waals surface area contributed by atoms with Gasteiger partial charge in [0.05, 0.1) is 18.7 Å². The predicted molar refractivity (Wildman–Crippen MR) is 87.6 cm³/mol. The Morgan fingerprint density at radius 1 is 1.42 bits per heavy atom. The zero-order valence-electron chi connectivity index (χ0n) is 14.3. The summed E-state index contributed by atoms with van der Waals surface area (Å²) in [4.78, 5) is 15.8. The highest BCUT2D eigenvalue weighted by atomic mass is 19.2. The van der Waals surface area contributed by atoms with Gasteiger partial charge in [-0.3, -0.25) is 4.90 Å². The van der Waals surface area contributed by atoms with Gasteiger partial charge >= 0.3 is 6.03 Å². The Kier molecular flexibility index (Phi) is 6.12. The number of carbonyl (C=O) groups excluding carboxylic acids is 1. The van der Waals surface area contributed by atoms with Crippen molar-refractivity contribution in [2.45, 2.75) is 38.4 Å². The monoisotopic (exact) mass is 341 g/mol. The van der Waals surface area contributed by atoms with E-state index >= 15 is 0 Å². The highest BCUT2D eigenvalue weighted by Gasteiger charge is 2.38. The molecule has 0 saturated carbocycles. The van der Waals surface area contributed by atoms with E-state index in [2.05, 4.69) is 10.2 Å². The van der Waals surface area contributed by atoms with Gasteiger partial charge in [-0.25, -0.2) is 13.6 Å². The summed E-state index contributed by atoms with van der Waals surface area (Å²) in [6.07, 6.45) is 0.723. The number of likely N-dealkylation sites (N-methyl/N-ethyl adjacent to an activating group) is 1. The number of nitrogens with one attached hydrogen (secondary N) is 1. The van der Waals surface area contributed by atoms with Crippen molar-refractivity contribution in [2.75, 3.05) is 26.7 Å². The number of carbonyl (C=O) groups is 1. The topological polar surface area (TPSA) is 55.8 Å². The van der Waals surface area contributed by atoms with Crippen LogP contribution in [-0.2, 0) is 0 Å². The van der Waals surface area contributed by atoms with Crippen molar-refractivity contribution < 1.29 is 18.7 Å². The molecule has 5 nitrogen and oxygen atoms in total. The Bertz CT molecular complexity index is 583. The number of rotatable bonds is 5. The van der Waals surface area contributed by atoms with Crippen molar-refractivity contribution in [2.24, 2.45) is 0 Å². The number of urea groups is 1. The van der Waals surface area contributed by atoms with Gasteiger partial charge in [-0.05, 0) is 38.0 Å². The third-order valence-corrected chi connectivity index (χ3v) is 4.48. The van der Waals surface area contributed by atoms with Crippen LogP contribution >= 0.6 is 0 Å². The Hall–Kier alpha value is -1.73.